The lowest BCUT2D eigenvalue weighted by Gasteiger charge is -2.51. The summed E-state index contributed by atoms with van der Waals surface area (Å²) in [6.07, 6.45) is -12.7. The van der Waals surface area contributed by atoms with E-state index in [0.717, 1.165) is 0 Å². The number of rotatable bonds is 6. The van der Waals surface area contributed by atoms with Gasteiger partial charge in [0.05, 0.1) is 43.1 Å². The Morgan fingerprint density at radius 3 is 2.14 bits per heavy atom. The zero-order valence-corrected chi connectivity index (χ0v) is 20.0. The zero-order valence-electron chi connectivity index (χ0n) is 20.0. The van der Waals surface area contributed by atoms with Crippen LogP contribution < -0.4 is 22.5 Å². The fourth-order valence-corrected chi connectivity index (χ4v) is 5.37. The lowest BCUT2D eigenvalue weighted by molar-refractivity contribution is -0.371. The Balaban J connectivity index is 1.43. The summed E-state index contributed by atoms with van der Waals surface area (Å²) in [5, 5.41) is 64.4. The van der Waals surface area contributed by atoms with Gasteiger partial charge in [-0.1, -0.05) is 0 Å². The average molecular weight is 525 g/mol. The minimum absolute atomic E-state index is 0.0399. The molecule has 210 valence electrons. The predicted octanol–water partition coefficient (Wildman–Crippen LogP) is -5.89. The fraction of sp³-hybridized carbons (Fsp3) is 1.00. The van der Waals surface area contributed by atoms with Crippen molar-refractivity contribution >= 4 is 0 Å². The minimum Gasteiger partial charge on any atom is -0.394 e. The lowest BCUT2D eigenvalue weighted by Crippen LogP contribution is -2.69. The van der Waals surface area contributed by atoms with Crippen molar-refractivity contribution in [3.8, 4) is 0 Å². The van der Waals surface area contributed by atoms with Crippen LogP contribution >= 0.6 is 0 Å². The Hall–Kier alpha value is -0.600. The smallest absolute Gasteiger partial charge is 0.189 e. The molecule has 0 spiro atoms. The van der Waals surface area contributed by atoms with Crippen LogP contribution in [0.1, 0.15) is 19.3 Å². The van der Waals surface area contributed by atoms with Crippen LogP contribution in [0.2, 0.25) is 0 Å². The topological polar surface area (TPSA) is 258 Å². The van der Waals surface area contributed by atoms with E-state index in [1.807, 2.05) is 0 Å². The second-order valence-corrected chi connectivity index (χ2v) is 10.1. The molecule has 1 aliphatic carbocycles. The molecular weight excluding hydrogens is 484 g/mol. The first-order valence-electron chi connectivity index (χ1n) is 12.3. The molecule has 16 atom stereocenters. The van der Waals surface area contributed by atoms with E-state index in [-0.39, 0.29) is 25.9 Å². The van der Waals surface area contributed by atoms with Gasteiger partial charge in [-0.2, -0.15) is 0 Å². The SMILES string of the molecule is CN[C@@H]1[C@@H](OC2OC(CO)CC(O)C2O)O[C@H]2C[C@@H](N)[C@@H](O[C@H]3[C@H](O)[C@@H](O)[C@H](N)C[C@@H]3N)O[C@@H]2[C@@H]1O. The number of hydrogen-bond donors (Lipinski definition) is 10. The quantitative estimate of drug-likeness (QED) is 0.155. The monoisotopic (exact) mass is 524 g/mol. The second-order valence-electron chi connectivity index (χ2n) is 10.1. The van der Waals surface area contributed by atoms with Gasteiger partial charge >= 0.3 is 0 Å². The van der Waals surface area contributed by atoms with E-state index in [4.69, 9.17) is 40.9 Å². The molecule has 4 fully saturated rings. The molecule has 0 aromatic carbocycles. The molecule has 4 rings (SSSR count). The Labute approximate surface area is 208 Å². The number of aliphatic hydroxyl groups is 6. The molecule has 15 heteroatoms. The number of aliphatic hydroxyl groups excluding tert-OH is 6. The number of nitrogens with one attached hydrogen (secondary N) is 1. The van der Waals surface area contributed by atoms with E-state index in [1.54, 1.807) is 7.05 Å². The van der Waals surface area contributed by atoms with Gasteiger partial charge in [-0.3, -0.25) is 0 Å². The van der Waals surface area contributed by atoms with E-state index in [2.05, 4.69) is 5.32 Å². The van der Waals surface area contributed by atoms with Crippen molar-refractivity contribution in [1.82, 2.24) is 5.32 Å². The molecule has 0 aromatic rings. The van der Waals surface area contributed by atoms with Crippen molar-refractivity contribution in [2.75, 3.05) is 13.7 Å². The van der Waals surface area contributed by atoms with Crippen molar-refractivity contribution < 1.29 is 54.3 Å². The molecule has 0 amide bonds. The molecule has 15 nitrogen and oxygen atoms in total. The zero-order chi connectivity index (χ0) is 26.3. The Kier molecular flexibility index (Phi) is 9.19. The molecule has 3 aliphatic heterocycles. The maximum absolute atomic E-state index is 11.1. The summed E-state index contributed by atoms with van der Waals surface area (Å²) in [4.78, 5) is 0. The van der Waals surface area contributed by atoms with Gasteiger partial charge in [0.2, 0.25) is 0 Å². The highest BCUT2D eigenvalue weighted by atomic mass is 16.8. The summed E-state index contributed by atoms with van der Waals surface area (Å²) in [7, 11) is 1.57. The predicted molar refractivity (Wildman–Crippen MR) is 120 cm³/mol. The van der Waals surface area contributed by atoms with Gasteiger partial charge in [0, 0.05) is 18.5 Å². The summed E-state index contributed by atoms with van der Waals surface area (Å²) < 4.78 is 29.2. The maximum Gasteiger partial charge on any atom is 0.189 e. The average Bonchev–Trinajstić information content (AvgIpc) is 2.84. The van der Waals surface area contributed by atoms with Crippen LogP contribution in [0.25, 0.3) is 0 Å². The summed E-state index contributed by atoms with van der Waals surface area (Å²) in [6, 6.07) is -2.94. The highest BCUT2D eigenvalue weighted by Gasteiger charge is 2.53. The first-order chi connectivity index (χ1) is 17.0. The van der Waals surface area contributed by atoms with Crippen LogP contribution in [0, 0.1) is 0 Å². The minimum atomic E-state index is -1.39. The van der Waals surface area contributed by atoms with Gasteiger partial charge in [-0.25, -0.2) is 0 Å². The van der Waals surface area contributed by atoms with Crippen molar-refractivity contribution in [3.05, 3.63) is 0 Å². The molecule has 3 saturated heterocycles. The molecule has 36 heavy (non-hydrogen) atoms. The van der Waals surface area contributed by atoms with Gasteiger partial charge in [0.15, 0.2) is 18.9 Å². The second kappa shape index (κ2) is 11.6. The van der Waals surface area contributed by atoms with E-state index in [0.29, 0.717) is 0 Å². The van der Waals surface area contributed by atoms with E-state index >= 15 is 0 Å². The maximum atomic E-state index is 11.1. The molecule has 4 unspecified atom stereocenters. The van der Waals surface area contributed by atoms with Gasteiger partial charge < -0.3 is 76.8 Å². The molecule has 4 aliphatic rings. The van der Waals surface area contributed by atoms with Crippen LogP contribution in [-0.2, 0) is 23.7 Å². The van der Waals surface area contributed by atoms with Gasteiger partial charge in [-0.15, -0.1) is 0 Å². The molecule has 0 aromatic heterocycles. The summed E-state index contributed by atoms with van der Waals surface area (Å²) in [6.45, 7) is -0.371. The standard InChI is InChI=1S/C21H40N4O11/c1-25-12-15(30)18-11(33-20(12)36-21-14(29)10(27)2-6(5-26)32-21)4-9(24)19(35-18)34-17-8(23)3-7(22)13(28)16(17)31/h6-21,25-31H,2-5,22-24H2,1H3/t6?,7-,8+,9-,10?,11+,12+,13+,14?,15-,16-,17-,18+,19+,20-,21?/m1/s1. The summed E-state index contributed by atoms with van der Waals surface area (Å²) in [5.41, 5.74) is 18.2. The summed E-state index contributed by atoms with van der Waals surface area (Å²) >= 11 is 0. The molecule has 1 saturated carbocycles. The van der Waals surface area contributed by atoms with Crippen molar-refractivity contribution in [1.29, 1.82) is 0 Å². The van der Waals surface area contributed by atoms with Gasteiger partial charge in [-0.05, 0) is 19.9 Å². The van der Waals surface area contributed by atoms with E-state index in [9.17, 15) is 30.6 Å². The highest BCUT2D eigenvalue weighted by Crippen LogP contribution is 2.35. The molecule has 3 heterocycles. The normalized spacial score (nSPS) is 54.2. The van der Waals surface area contributed by atoms with Crippen molar-refractivity contribution in [3.63, 3.8) is 0 Å². The van der Waals surface area contributed by atoms with Gasteiger partial charge in [0.25, 0.3) is 0 Å². The first-order valence-corrected chi connectivity index (χ1v) is 12.3. The Morgan fingerprint density at radius 2 is 1.47 bits per heavy atom. The first kappa shape index (κ1) is 28.4. The number of ether oxygens (including phenoxy) is 5. The Morgan fingerprint density at radius 1 is 0.750 bits per heavy atom. The van der Waals surface area contributed by atoms with Crippen molar-refractivity contribution in [2.45, 2.75) is 117 Å². The number of hydrogen-bond acceptors (Lipinski definition) is 15. The van der Waals surface area contributed by atoms with Crippen LogP contribution in [0.5, 0.6) is 0 Å². The number of likely N-dealkylation sites (N-methyl/N-ethyl adjacent to an activating group) is 1. The third kappa shape index (κ3) is 5.56. The fourth-order valence-electron chi connectivity index (χ4n) is 5.37. The van der Waals surface area contributed by atoms with E-state index in [1.165, 1.54) is 0 Å². The van der Waals surface area contributed by atoms with Crippen LogP contribution in [0.3, 0.4) is 0 Å². The van der Waals surface area contributed by atoms with E-state index < -0.39 is 98.0 Å². The van der Waals surface area contributed by atoms with Crippen molar-refractivity contribution in [2.24, 2.45) is 17.2 Å². The highest BCUT2D eigenvalue weighted by molar-refractivity contribution is 5.01. The third-order valence-corrected chi connectivity index (χ3v) is 7.51. The Bertz CT molecular complexity index is 725. The summed E-state index contributed by atoms with van der Waals surface area (Å²) in [5.74, 6) is 0. The third-order valence-electron chi connectivity index (χ3n) is 7.51. The van der Waals surface area contributed by atoms with Crippen LogP contribution in [-0.4, -0.2) is 142 Å². The molecule has 13 N–H and O–H groups in total. The van der Waals surface area contributed by atoms with Crippen LogP contribution in [0.4, 0.5) is 0 Å². The molecule has 0 radical (unpaired) electrons. The van der Waals surface area contributed by atoms with Gasteiger partial charge in [0.1, 0.15) is 30.5 Å². The molecular formula is C21H40N4O11. The number of nitrogens with two attached hydrogens (primary N) is 3. The largest absolute Gasteiger partial charge is 0.394 e. The van der Waals surface area contributed by atoms with Crippen LogP contribution in [0.15, 0.2) is 0 Å². The molecule has 0 bridgehead atoms. The lowest BCUT2D eigenvalue weighted by atomic mass is 9.84. The number of fused-ring (bicyclic) bond motifs is 1.